The van der Waals surface area contributed by atoms with Gasteiger partial charge in [0.05, 0.1) is 24.9 Å². The average Bonchev–Trinajstić information content (AvgIpc) is 2.70. The first-order chi connectivity index (χ1) is 13.1. The van der Waals surface area contributed by atoms with E-state index in [0.717, 1.165) is 0 Å². The van der Waals surface area contributed by atoms with E-state index in [9.17, 15) is 0 Å². The number of halogens is 1. The lowest BCUT2D eigenvalue weighted by molar-refractivity contribution is 0.405. The minimum Gasteiger partial charge on any atom is -0.495 e. The maximum absolute atomic E-state index is 6.16. The summed E-state index contributed by atoms with van der Waals surface area (Å²) in [6, 6.07) is 15.4. The zero-order valence-corrected chi connectivity index (χ0v) is 16.2. The number of rotatable bonds is 7. The molecule has 0 aliphatic heterocycles. The summed E-state index contributed by atoms with van der Waals surface area (Å²) in [5, 5.41) is 3.72. The molecule has 0 radical (unpaired) electrons. The summed E-state index contributed by atoms with van der Waals surface area (Å²) < 4.78 is 10.7. The Morgan fingerprint density at radius 1 is 1.04 bits per heavy atom. The van der Waals surface area contributed by atoms with Crippen LogP contribution in [0, 0.1) is 0 Å². The molecule has 0 aliphatic carbocycles. The fourth-order valence-electron chi connectivity index (χ4n) is 2.63. The molecule has 3 aromatic rings. The van der Waals surface area contributed by atoms with Gasteiger partial charge in [0.1, 0.15) is 17.3 Å². The van der Waals surface area contributed by atoms with Crippen LogP contribution in [0.1, 0.15) is 5.56 Å². The Kier molecular flexibility index (Phi) is 5.98. The molecule has 0 bridgehead atoms. The zero-order valence-electron chi connectivity index (χ0n) is 15.4. The molecule has 0 amide bonds. The fraction of sp³-hybridized carbons (Fsp3) is 0.200. The topological polar surface area (TPSA) is 59.5 Å². The maximum atomic E-state index is 6.16. The molecule has 0 saturated heterocycles. The maximum Gasteiger partial charge on any atom is 0.227 e. The van der Waals surface area contributed by atoms with Crippen molar-refractivity contribution in [3.05, 3.63) is 65.3 Å². The van der Waals surface area contributed by atoms with E-state index in [2.05, 4.69) is 27.4 Å². The van der Waals surface area contributed by atoms with Gasteiger partial charge in [-0.25, -0.2) is 4.98 Å². The molecule has 0 saturated carbocycles. The molecular formula is C20H21ClN4O2. The minimum absolute atomic E-state index is 0.478. The number of ether oxygens (including phenoxy) is 2. The summed E-state index contributed by atoms with van der Waals surface area (Å²) in [7, 11) is 5.11. The van der Waals surface area contributed by atoms with Crippen molar-refractivity contribution < 1.29 is 9.47 Å². The van der Waals surface area contributed by atoms with E-state index in [0.29, 0.717) is 40.5 Å². The lowest BCUT2D eigenvalue weighted by atomic mass is 10.2. The van der Waals surface area contributed by atoms with Crippen LogP contribution in [0.3, 0.4) is 0 Å². The highest BCUT2D eigenvalue weighted by Crippen LogP contribution is 2.37. The standard InChI is InChI=1S/C20H21ClN4O2/c1-25(13-14-7-5-4-6-8-14)20-22-10-9-19(24-20)23-16-12-17(26-2)15(21)11-18(16)27-3/h4-12H,13H2,1-3H3,(H,22,23,24). The second-order valence-corrected chi connectivity index (χ2v) is 6.30. The van der Waals surface area contributed by atoms with Gasteiger partial charge in [0.25, 0.3) is 0 Å². The Bertz CT molecular complexity index is 906. The van der Waals surface area contributed by atoms with E-state index in [-0.39, 0.29) is 0 Å². The Morgan fingerprint density at radius 3 is 2.48 bits per heavy atom. The summed E-state index contributed by atoms with van der Waals surface area (Å²) in [4.78, 5) is 10.9. The molecule has 0 unspecified atom stereocenters. The second kappa shape index (κ2) is 8.60. The van der Waals surface area contributed by atoms with Crippen LogP contribution in [-0.4, -0.2) is 31.2 Å². The highest BCUT2D eigenvalue weighted by molar-refractivity contribution is 6.32. The van der Waals surface area contributed by atoms with Crippen LogP contribution in [-0.2, 0) is 6.54 Å². The highest BCUT2D eigenvalue weighted by Gasteiger charge is 2.12. The molecule has 0 spiro atoms. The number of hydrogen-bond acceptors (Lipinski definition) is 6. The fourth-order valence-corrected chi connectivity index (χ4v) is 2.86. The molecule has 27 heavy (non-hydrogen) atoms. The number of aromatic nitrogens is 2. The van der Waals surface area contributed by atoms with E-state index in [1.807, 2.05) is 30.1 Å². The summed E-state index contributed by atoms with van der Waals surface area (Å²) in [6.07, 6.45) is 1.71. The number of hydrogen-bond donors (Lipinski definition) is 1. The Balaban J connectivity index is 1.82. The zero-order chi connectivity index (χ0) is 19.2. The molecule has 0 fully saturated rings. The number of methoxy groups -OCH3 is 2. The third-order valence-corrected chi connectivity index (χ3v) is 4.28. The van der Waals surface area contributed by atoms with Crippen molar-refractivity contribution in [3.8, 4) is 11.5 Å². The van der Waals surface area contributed by atoms with Gasteiger partial charge in [-0.05, 0) is 11.6 Å². The van der Waals surface area contributed by atoms with Crippen molar-refractivity contribution in [2.45, 2.75) is 6.54 Å². The van der Waals surface area contributed by atoms with Gasteiger partial charge in [-0.1, -0.05) is 41.9 Å². The number of anilines is 3. The summed E-state index contributed by atoms with van der Waals surface area (Å²) in [5.41, 5.74) is 1.89. The van der Waals surface area contributed by atoms with Crippen molar-refractivity contribution in [1.29, 1.82) is 0 Å². The molecule has 0 atom stereocenters. The van der Waals surface area contributed by atoms with Crippen molar-refractivity contribution in [2.24, 2.45) is 0 Å². The van der Waals surface area contributed by atoms with E-state index in [4.69, 9.17) is 21.1 Å². The van der Waals surface area contributed by atoms with Gasteiger partial charge in [-0.3, -0.25) is 0 Å². The molecule has 0 aliphatic rings. The molecule has 1 heterocycles. The summed E-state index contributed by atoms with van der Waals surface area (Å²) in [6.45, 7) is 0.711. The van der Waals surface area contributed by atoms with Crippen LogP contribution in [0.25, 0.3) is 0 Å². The minimum atomic E-state index is 0.478. The SMILES string of the molecule is COc1cc(Nc2ccnc(N(C)Cc3ccccc3)n2)c(OC)cc1Cl. The van der Waals surface area contributed by atoms with Gasteiger partial charge in [-0.2, -0.15) is 4.98 Å². The number of benzene rings is 2. The molecular weight excluding hydrogens is 364 g/mol. The normalized spacial score (nSPS) is 10.4. The lowest BCUT2D eigenvalue weighted by Crippen LogP contribution is -2.19. The largest absolute Gasteiger partial charge is 0.495 e. The Labute approximate surface area is 163 Å². The monoisotopic (exact) mass is 384 g/mol. The van der Waals surface area contributed by atoms with Gasteiger partial charge < -0.3 is 19.7 Å². The highest BCUT2D eigenvalue weighted by atomic mass is 35.5. The van der Waals surface area contributed by atoms with E-state index >= 15 is 0 Å². The van der Waals surface area contributed by atoms with Gasteiger partial charge in [-0.15, -0.1) is 0 Å². The second-order valence-electron chi connectivity index (χ2n) is 5.90. The number of nitrogens with zero attached hydrogens (tertiary/aromatic N) is 3. The van der Waals surface area contributed by atoms with Crippen LogP contribution >= 0.6 is 11.6 Å². The predicted octanol–water partition coefficient (Wildman–Crippen LogP) is 4.53. The van der Waals surface area contributed by atoms with Gasteiger partial charge in [0, 0.05) is 31.9 Å². The van der Waals surface area contributed by atoms with Crippen LogP contribution in [0.4, 0.5) is 17.5 Å². The number of nitrogens with one attached hydrogen (secondary N) is 1. The molecule has 1 aromatic heterocycles. The van der Waals surface area contributed by atoms with Crippen molar-refractivity contribution >= 4 is 29.1 Å². The van der Waals surface area contributed by atoms with Crippen LogP contribution in [0.2, 0.25) is 5.02 Å². The molecule has 3 rings (SSSR count). The van der Waals surface area contributed by atoms with Gasteiger partial charge in [0.2, 0.25) is 5.95 Å². The van der Waals surface area contributed by atoms with E-state index in [1.54, 1.807) is 38.6 Å². The van der Waals surface area contributed by atoms with E-state index in [1.165, 1.54) is 5.56 Å². The first-order valence-electron chi connectivity index (χ1n) is 8.37. The quantitative estimate of drug-likeness (QED) is 0.646. The Morgan fingerprint density at radius 2 is 1.78 bits per heavy atom. The third kappa shape index (κ3) is 4.60. The van der Waals surface area contributed by atoms with Crippen LogP contribution in [0.15, 0.2) is 54.7 Å². The van der Waals surface area contributed by atoms with Gasteiger partial charge >= 0.3 is 0 Å². The third-order valence-electron chi connectivity index (χ3n) is 3.98. The molecule has 2 aromatic carbocycles. The van der Waals surface area contributed by atoms with Crippen molar-refractivity contribution in [2.75, 3.05) is 31.5 Å². The van der Waals surface area contributed by atoms with Crippen molar-refractivity contribution in [1.82, 2.24) is 9.97 Å². The lowest BCUT2D eigenvalue weighted by Gasteiger charge is -2.18. The van der Waals surface area contributed by atoms with Crippen LogP contribution < -0.4 is 19.7 Å². The molecule has 7 heteroatoms. The Hall–Kier alpha value is -2.99. The molecule has 1 N–H and O–H groups in total. The van der Waals surface area contributed by atoms with E-state index < -0.39 is 0 Å². The van der Waals surface area contributed by atoms with Gasteiger partial charge in [0.15, 0.2) is 0 Å². The predicted molar refractivity (Wildman–Crippen MR) is 108 cm³/mol. The molecule has 140 valence electrons. The summed E-state index contributed by atoms with van der Waals surface area (Å²) >= 11 is 6.16. The summed E-state index contributed by atoms with van der Waals surface area (Å²) in [5.74, 6) is 2.40. The van der Waals surface area contributed by atoms with Crippen molar-refractivity contribution in [3.63, 3.8) is 0 Å². The first kappa shape index (κ1) is 18.8. The average molecular weight is 385 g/mol. The van der Waals surface area contributed by atoms with Crippen LogP contribution in [0.5, 0.6) is 11.5 Å². The first-order valence-corrected chi connectivity index (χ1v) is 8.75. The smallest absolute Gasteiger partial charge is 0.227 e. The molecule has 6 nitrogen and oxygen atoms in total.